The third kappa shape index (κ3) is 3.52. The van der Waals surface area contributed by atoms with Crippen LogP contribution in [-0.2, 0) is 4.79 Å². The molecule has 9 nitrogen and oxygen atoms in total. The van der Waals surface area contributed by atoms with Crippen LogP contribution in [0.3, 0.4) is 0 Å². The zero-order valence-electron chi connectivity index (χ0n) is 14.9. The number of para-hydroxylation sites is 1. The van der Waals surface area contributed by atoms with Gasteiger partial charge in [-0.3, -0.25) is 14.9 Å². The molecule has 0 bridgehead atoms. The first kappa shape index (κ1) is 18.6. The van der Waals surface area contributed by atoms with Gasteiger partial charge < -0.3 is 11.1 Å². The number of nitrogens with one attached hydrogen (secondary N) is 1. The molecule has 0 aliphatic carbocycles. The molecule has 2 aromatic carbocycles. The van der Waals surface area contributed by atoms with Crippen LogP contribution >= 0.6 is 0 Å². The Hall–Kier alpha value is -4.19. The van der Waals surface area contributed by atoms with Crippen molar-refractivity contribution in [3.63, 3.8) is 0 Å². The van der Waals surface area contributed by atoms with E-state index in [0.717, 1.165) is 4.90 Å². The predicted molar refractivity (Wildman–Crippen MR) is 103 cm³/mol. The maximum absolute atomic E-state index is 13.0. The molecule has 1 heterocycles. The lowest BCUT2D eigenvalue weighted by molar-refractivity contribution is -0.384. The van der Waals surface area contributed by atoms with Gasteiger partial charge in [0.1, 0.15) is 6.04 Å². The zero-order valence-corrected chi connectivity index (χ0v) is 14.9. The number of anilines is 1. The number of carbonyl (C=O) groups is 1. The molecule has 2 aromatic rings. The highest BCUT2D eigenvalue weighted by Crippen LogP contribution is 2.35. The summed E-state index contributed by atoms with van der Waals surface area (Å²) in [5.41, 5.74) is 7.22. The third-order valence-electron chi connectivity index (χ3n) is 4.26. The smallest absolute Gasteiger partial charge is 0.269 e. The second-order valence-electron chi connectivity index (χ2n) is 6.00. The Morgan fingerprint density at radius 3 is 2.64 bits per heavy atom. The molecule has 0 saturated carbocycles. The molecule has 1 unspecified atom stereocenters. The van der Waals surface area contributed by atoms with E-state index in [9.17, 15) is 20.2 Å². The molecule has 1 atom stereocenters. The molecule has 3 N–H and O–H groups in total. The summed E-state index contributed by atoms with van der Waals surface area (Å²) in [6.07, 6.45) is 1.89. The number of carbonyl (C=O) groups excluding carboxylic acids is 1. The van der Waals surface area contributed by atoms with E-state index < -0.39 is 16.9 Å². The minimum Gasteiger partial charge on any atom is -0.369 e. The summed E-state index contributed by atoms with van der Waals surface area (Å²) < 4.78 is 0. The molecule has 0 aromatic heterocycles. The number of nitrogens with two attached hydrogens (primary N) is 1. The number of non-ortho nitro benzene ring substituents is 1. The van der Waals surface area contributed by atoms with Crippen LogP contribution in [0.2, 0.25) is 0 Å². The quantitative estimate of drug-likeness (QED) is 0.478. The topological polar surface area (TPSA) is 138 Å². The van der Waals surface area contributed by atoms with Crippen molar-refractivity contribution in [2.75, 3.05) is 5.32 Å². The van der Waals surface area contributed by atoms with Gasteiger partial charge in [0.05, 0.1) is 10.5 Å². The van der Waals surface area contributed by atoms with E-state index >= 15 is 0 Å². The van der Waals surface area contributed by atoms with Crippen LogP contribution in [0.5, 0.6) is 0 Å². The highest BCUT2D eigenvalue weighted by atomic mass is 16.6. The molecule has 9 heteroatoms. The fourth-order valence-corrected chi connectivity index (χ4v) is 2.93. The van der Waals surface area contributed by atoms with Crippen molar-refractivity contribution in [1.82, 2.24) is 4.90 Å². The van der Waals surface area contributed by atoms with Gasteiger partial charge in [-0.15, -0.1) is 0 Å². The molecule has 0 saturated heterocycles. The number of hydrogen-bond donors (Lipinski definition) is 2. The second-order valence-corrected chi connectivity index (χ2v) is 6.00. The Labute approximate surface area is 160 Å². The van der Waals surface area contributed by atoms with Gasteiger partial charge in [0.25, 0.3) is 11.6 Å². The summed E-state index contributed by atoms with van der Waals surface area (Å²) in [6.45, 7) is 1.58. The molecule has 0 radical (unpaired) electrons. The molecule has 0 fully saturated rings. The molecular formula is C19H16N6O3. The minimum atomic E-state index is -0.881. The summed E-state index contributed by atoms with van der Waals surface area (Å²) in [7, 11) is 0. The number of rotatable bonds is 4. The number of nitriles is 1. The van der Waals surface area contributed by atoms with Crippen molar-refractivity contribution in [2.24, 2.45) is 10.7 Å². The number of benzene rings is 2. The Morgan fingerprint density at radius 1 is 1.29 bits per heavy atom. The SMILES string of the molecule is CC1=C(C(=O)Nc2ccccc2)C(c2cccc([N+](=O)[O-])c2)N=C(N)N1C#N. The number of amides is 1. The van der Waals surface area contributed by atoms with Crippen LogP contribution in [-0.4, -0.2) is 21.7 Å². The summed E-state index contributed by atoms with van der Waals surface area (Å²) in [6, 6.07) is 13.7. The van der Waals surface area contributed by atoms with Gasteiger partial charge in [-0.2, -0.15) is 5.26 Å². The van der Waals surface area contributed by atoms with Crippen LogP contribution in [0.1, 0.15) is 18.5 Å². The summed E-state index contributed by atoms with van der Waals surface area (Å²) in [5.74, 6) is -0.565. The summed E-state index contributed by atoms with van der Waals surface area (Å²) in [5, 5.41) is 23.2. The highest BCUT2D eigenvalue weighted by molar-refractivity contribution is 6.06. The molecule has 140 valence electrons. The first-order chi connectivity index (χ1) is 13.4. The first-order valence-electron chi connectivity index (χ1n) is 8.27. The standard InChI is InChI=1S/C19H16N6O3/c1-12-16(18(26)22-14-7-3-2-4-8-14)17(23-19(21)24(12)11-20)13-6-5-9-15(10-13)25(27)28/h2-10,17H,1H3,(H2,21,23)(H,22,26). The van der Waals surface area contributed by atoms with E-state index in [0.29, 0.717) is 16.9 Å². The van der Waals surface area contributed by atoms with Crippen molar-refractivity contribution >= 4 is 23.2 Å². The van der Waals surface area contributed by atoms with Crippen LogP contribution < -0.4 is 11.1 Å². The van der Waals surface area contributed by atoms with Gasteiger partial charge in [0, 0.05) is 23.5 Å². The number of hydrogen-bond acceptors (Lipinski definition) is 7. The van der Waals surface area contributed by atoms with E-state index in [2.05, 4.69) is 10.3 Å². The van der Waals surface area contributed by atoms with Gasteiger partial charge in [-0.25, -0.2) is 9.89 Å². The fraction of sp³-hybridized carbons (Fsp3) is 0.105. The van der Waals surface area contributed by atoms with Crippen molar-refractivity contribution in [2.45, 2.75) is 13.0 Å². The Morgan fingerprint density at radius 2 is 2.00 bits per heavy atom. The number of nitro groups is 1. The van der Waals surface area contributed by atoms with Crippen LogP contribution in [0.4, 0.5) is 11.4 Å². The van der Waals surface area contributed by atoms with Crippen molar-refractivity contribution in [3.8, 4) is 6.19 Å². The normalized spacial score (nSPS) is 16.2. The molecule has 1 amide bonds. The molecule has 28 heavy (non-hydrogen) atoms. The molecule has 0 spiro atoms. The van der Waals surface area contributed by atoms with Crippen molar-refractivity contribution in [3.05, 3.63) is 81.5 Å². The van der Waals surface area contributed by atoms with E-state index in [1.165, 1.54) is 18.2 Å². The maximum atomic E-state index is 13.0. The van der Waals surface area contributed by atoms with Crippen LogP contribution in [0.15, 0.2) is 70.9 Å². The first-order valence-corrected chi connectivity index (χ1v) is 8.27. The summed E-state index contributed by atoms with van der Waals surface area (Å²) >= 11 is 0. The predicted octanol–water partition coefficient (Wildman–Crippen LogP) is 2.66. The summed E-state index contributed by atoms with van der Waals surface area (Å²) in [4.78, 5) is 28.9. The molecular weight excluding hydrogens is 360 g/mol. The molecule has 3 rings (SSSR count). The monoisotopic (exact) mass is 376 g/mol. The number of aliphatic imine (C=N–C) groups is 1. The van der Waals surface area contributed by atoms with Gasteiger partial charge >= 0.3 is 0 Å². The Balaban J connectivity index is 2.07. The number of nitro benzene ring substituents is 1. The average molecular weight is 376 g/mol. The van der Waals surface area contributed by atoms with Gasteiger partial charge in [0.15, 0.2) is 6.19 Å². The van der Waals surface area contributed by atoms with E-state index in [1.54, 1.807) is 37.3 Å². The molecule has 1 aliphatic heterocycles. The van der Waals surface area contributed by atoms with E-state index in [-0.39, 0.29) is 17.2 Å². The molecule has 1 aliphatic rings. The van der Waals surface area contributed by atoms with Gasteiger partial charge in [0.2, 0.25) is 5.96 Å². The lowest BCUT2D eigenvalue weighted by atomic mass is 9.94. The van der Waals surface area contributed by atoms with Crippen molar-refractivity contribution < 1.29 is 9.72 Å². The van der Waals surface area contributed by atoms with Crippen molar-refractivity contribution in [1.29, 1.82) is 5.26 Å². The van der Waals surface area contributed by atoms with Crippen LogP contribution in [0, 0.1) is 21.6 Å². The van der Waals surface area contributed by atoms with Gasteiger partial charge in [-0.1, -0.05) is 30.3 Å². The van der Waals surface area contributed by atoms with E-state index in [4.69, 9.17) is 5.73 Å². The van der Waals surface area contributed by atoms with E-state index in [1.807, 2.05) is 12.3 Å². The number of allylic oxidation sites excluding steroid dienone is 1. The lowest BCUT2D eigenvalue weighted by Crippen LogP contribution is -2.39. The largest absolute Gasteiger partial charge is 0.369 e. The second kappa shape index (κ2) is 7.59. The lowest BCUT2D eigenvalue weighted by Gasteiger charge is -2.28. The Kier molecular flexibility index (Phi) is 5.04. The Bertz CT molecular complexity index is 1040. The number of guanidine groups is 1. The van der Waals surface area contributed by atoms with Crippen LogP contribution in [0.25, 0.3) is 0 Å². The third-order valence-corrected chi connectivity index (χ3v) is 4.26. The highest BCUT2D eigenvalue weighted by Gasteiger charge is 2.33. The maximum Gasteiger partial charge on any atom is 0.269 e. The average Bonchev–Trinajstić information content (AvgIpc) is 2.68. The zero-order chi connectivity index (χ0) is 20.3. The number of nitrogens with zero attached hydrogens (tertiary/aromatic N) is 4. The minimum absolute atomic E-state index is 0.0900. The van der Waals surface area contributed by atoms with Gasteiger partial charge in [-0.05, 0) is 24.6 Å². The fourth-order valence-electron chi connectivity index (χ4n) is 2.93.